The van der Waals surface area contributed by atoms with E-state index in [-0.39, 0.29) is 0 Å². The van der Waals surface area contributed by atoms with Gasteiger partial charge in [0.1, 0.15) is 0 Å². The quantitative estimate of drug-likeness (QED) is 0.163. The summed E-state index contributed by atoms with van der Waals surface area (Å²) in [7, 11) is 0. The average Bonchev–Trinajstić information content (AvgIpc) is 2.85. The van der Waals surface area contributed by atoms with Crippen molar-refractivity contribution in [3.63, 3.8) is 0 Å². The first kappa shape index (κ1) is 23.8. The first-order valence-electron chi connectivity index (χ1n) is 10.6. The minimum Gasteiger partial charge on any atom is -0.328 e. The lowest BCUT2D eigenvalue weighted by Crippen LogP contribution is -1.93. The third-order valence-electron chi connectivity index (χ3n) is 5.43. The van der Waals surface area contributed by atoms with Crippen molar-refractivity contribution < 1.29 is 20.6 Å². The summed E-state index contributed by atoms with van der Waals surface area (Å²) in [4.78, 5) is 26.5. The van der Waals surface area contributed by atoms with Crippen molar-refractivity contribution >= 4 is 43.6 Å². The van der Waals surface area contributed by atoms with Gasteiger partial charge in [0.25, 0.3) is 10.2 Å². The Bertz CT molecular complexity index is 1490. The molecule has 0 amide bonds. The zero-order valence-corrected chi connectivity index (χ0v) is 18.6. The molecule has 4 aromatic carbocycles. The predicted octanol–water partition coefficient (Wildman–Crippen LogP) is 6.06. The van der Waals surface area contributed by atoms with Crippen LogP contribution in [-0.4, -0.2) is 30.6 Å². The Balaban J connectivity index is 0.000000336. The van der Waals surface area contributed by atoms with Gasteiger partial charge in [-0.1, -0.05) is 72.8 Å². The van der Waals surface area contributed by atoms with E-state index in [1.807, 2.05) is 0 Å². The summed E-state index contributed by atoms with van der Waals surface area (Å²) >= 11 is 0. The van der Waals surface area contributed by atoms with Crippen molar-refractivity contribution in [1.82, 2.24) is 9.97 Å². The number of aromatic nitrogens is 2. The summed E-state index contributed by atoms with van der Waals surface area (Å²) in [6.45, 7) is 0. The van der Waals surface area contributed by atoms with Gasteiger partial charge in [0.05, 0.1) is 22.1 Å². The monoisotopic (exact) mass is 482 g/mol. The van der Waals surface area contributed by atoms with Gasteiger partial charge in [-0.3, -0.25) is 0 Å². The summed E-state index contributed by atoms with van der Waals surface area (Å²) in [5.74, 6) is 0. The van der Waals surface area contributed by atoms with Crippen molar-refractivity contribution in [2.75, 3.05) is 0 Å². The normalized spacial score (nSPS) is 10.3. The fraction of sp³-hybridized carbons (Fsp3) is 0. The van der Waals surface area contributed by atoms with E-state index >= 15 is 0 Å². The molecule has 36 heavy (non-hydrogen) atoms. The Labute approximate surface area is 202 Å². The summed E-state index contributed by atoms with van der Waals surface area (Å²) in [5, 5.41) is 32.0. The number of nitrogens with zero attached hydrogens (tertiary/aromatic N) is 4. The smallest absolute Gasteiger partial charge is 0.291 e. The van der Waals surface area contributed by atoms with Crippen molar-refractivity contribution in [2.24, 2.45) is 0 Å². The standard InChI is InChI=1S/C26H16N2.2HNO3/c1-5-13-21-17(9-1)25(18-10-2-6-14-22(18)27-21)26-19-11-3-7-15-23(19)28-24-16-8-4-12-20(24)26;2*2-1(3)4/h1-16H;2*(H,2,3,4). The fourth-order valence-electron chi connectivity index (χ4n) is 4.22. The largest absolute Gasteiger partial charge is 0.328 e. The van der Waals surface area contributed by atoms with Crippen LogP contribution in [0.1, 0.15) is 0 Å². The summed E-state index contributed by atoms with van der Waals surface area (Å²) in [6, 6.07) is 33.6. The molecule has 0 aliphatic carbocycles. The average molecular weight is 482 g/mol. The summed E-state index contributed by atoms with van der Waals surface area (Å²) < 4.78 is 0. The van der Waals surface area contributed by atoms with Crippen LogP contribution in [0.5, 0.6) is 0 Å². The van der Waals surface area contributed by atoms with E-state index in [4.69, 9.17) is 40.6 Å². The van der Waals surface area contributed by atoms with Crippen molar-refractivity contribution in [1.29, 1.82) is 0 Å². The number of pyridine rings is 2. The molecule has 0 aliphatic heterocycles. The molecule has 6 aromatic rings. The number of benzene rings is 4. The van der Waals surface area contributed by atoms with Gasteiger partial charge < -0.3 is 10.4 Å². The molecule has 2 N–H and O–H groups in total. The number of hydrogen-bond acceptors (Lipinski definition) is 6. The zero-order chi connectivity index (χ0) is 25.7. The highest BCUT2D eigenvalue weighted by molar-refractivity contribution is 6.20. The third-order valence-corrected chi connectivity index (χ3v) is 5.43. The van der Waals surface area contributed by atoms with Gasteiger partial charge in [-0.2, -0.15) is 0 Å². The molecular weight excluding hydrogens is 464 g/mol. The van der Waals surface area contributed by atoms with E-state index < -0.39 is 10.2 Å². The lowest BCUT2D eigenvalue weighted by Gasteiger charge is -2.16. The van der Waals surface area contributed by atoms with Crippen LogP contribution in [0.2, 0.25) is 0 Å². The highest BCUT2D eigenvalue weighted by Crippen LogP contribution is 2.41. The highest BCUT2D eigenvalue weighted by Gasteiger charge is 2.17. The molecule has 0 radical (unpaired) electrons. The minimum atomic E-state index is -1.50. The second-order valence-electron chi connectivity index (χ2n) is 7.52. The van der Waals surface area contributed by atoms with Crippen LogP contribution in [0.15, 0.2) is 97.1 Å². The number of hydrogen-bond donors (Lipinski definition) is 2. The maximum absolute atomic E-state index is 8.36. The van der Waals surface area contributed by atoms with E-state index in [1.165, 1.54) is 32.7 Å². The molecular formula is C26H18N4O6. The van der Waals surface area contributed by atoms with Crippen LogP contribution in [0.25, 0.3) is 54.7 Å². The predicted molar refractivity (Wildman–Crippen MR) is 135 cm³/mol. The SMILES string of the molecule is O=[N+]([O-])O.O=[N+]([O-])O.c1ccc2c(-c3c4ccccc4nc4ccccc34)c3ccccc3nc2c1. The van der Waals surface area contributed by atoms with E-state index in [1.54, 1.807) is 0 Å². The van der Waals surface area contributed by atoms with Crippen LogP contribution in [0, 0.1) is 20.2 Å². The molecule has 0 fully saturated rings. The Morgan fingerprint density at radius 1 is 0.472 bits per heavy atom. The Morgan fingerprint density at radius 3 is 0.889 bits per heavy atom. The van der Waals surface area contributed by atoms with Gasteiger partial charge >= 0.3 is 0 Å². The topological polar surface area (TPSA) is 153 Å². The van der Waals surface area contributed by atoms with Gasteiger partial charge in [0.15, 0.2) is 0 Å². The molecule has 10 heteroatoms. The number of para-hydroxylation sites is 4. The van der Waals surface area contributed by atoms with Gasteiger partial charge in [0.2, 0.25) is 0 Å². The van der Waals surface area contributed by atoms with E-state index in [9.17, 15) is 0 Å². The second-order valence-corrected chi connectivity index (χ2v) is 7.52. The highest BCUT2D eigenvalue weighted by atomic mass is 16.9. The molecule has 178 valence electrons. The second kappa shape index (κ2) is 10.3. The molecule has 10 nitrogen and oxygen atoms in total. The van der Waals surface area contributed by atoms with Crippen LogP contribution >= 0.6 is 0 Å². The lowest BCUT2D eigenvalue weighted by atomic mass is 9.91. The van der Waals surface area contributed by atoms with Gasteiger partial charge in [-0.05, 0) is 24.3 Å². The molecule has 0 saturated heterocycles. The van der Waals surface area contributed by atoms with Crippen molar-refractivity contribution in [2.45, 2.75) is 0 Å². The Morgan fingerprint density at radius 2 is 0.667 bits per heavy atom. The van der Waals surface area contributed by atoms with E-state index in [2.05, 4.69) is 97.1 Å². The van der Waals surface area contributed by atoms with Gasteiger partial charge in [0, 0.05) is 32.7 Å². The van der Waals surface area contributed by atoms with Gasteiger partial charge in [-0.25, -0.2) is 9.97 Å². The van der Waals surface area contributed by atoms with E-state index in [0.29, 0.717) is 0 Å². The molecule has 6 rings (SSSR count). The van der Waals surface area contributed by atoms with Crippen LogP contribution in [0.3, 0.4) is 0 Å². The minimum absolute atomic E-state index is 1.01. The first-order chi connectivity index (χ1) is 17.4. The maximum atomic E-state index is 8.36. The molecule has 0 atom stereocenters. The molecule has 0 bridgehead atoms. The van der Waals surface area contributed by atoms with E-state index in [0.717, 1.165) is 22.1 Å². The number of fused-ring (bicyclic) bond motifs is 4. The number of rotatable bonds is 1. The summed E-state index contributed by atoms with van der Waals surface area (Å²) in [6.07, 6.45) is 0. The third kappa shape index (κ3) is 4.92. The van der Waals surface area contributed by atoms with Crippen LogP contribution in [0.4, 0.5) is 0 Å². The first-order valence-corrected chi connectivity index (χ1v) is 10.6. The molecule has 2 aromatic heterocycles. The van der Waals surface area contributed by atoms with Crippen molar-refractivity contribution in [3.8, 4) is 11.1 Å². The Kier molecular flexibility index (Phi) is 6.78. The van der Waals surface area contributed by atoms with Crippen LogP contribution in [-0.2, 0) is 0 Å². The molecule has 0 unspecified atom stereocenters. The maximum Gasteiger partial charge on any atom is 0.291 e. The molecule has 0 aliphatic rings. The Hall–Kier alpha value is -5.38. The molecule has 2 heterocycles. The zero-order valence-electron chi connectivity index (χ0n) is 18.6. The molecule has 0 spiro atoms. The fourth-order valence-corrected chi connectivity index (χ4v) is 4.22. The van der Waals surface area contributed by atoms with Gasteiger partial charge in [-0.15, -0.1) is 20.2 Å². The molecule has 0 saturated carbocycles. The van der Waals surface area contributed by atoms with Crippen LogP contribution < -0.4 is 0 Å². The lowest BCUT2D eigenvalue weighted by molar-refractivity contribution is -0.742. The summed E-state index contributed by atoms with van der Waals surface area (Å²) in [5.41, 5.74) is 6.52. The van der Waals surface area contributed by atoms with Crippen molar-refractivity contribution in [3.05, 3.63) is 117 Å².